The molecular formula is C22H26ClN5O. The van der Waals surface area contributed by atoms with Crippen molar-refractivity contribution in [1.82, 2.24) is 25.0 Å². The predicted molar refractivity (Wildman–Crippen MR) is 115 cm³/mol. The molecular weight excluding hydrogens is 386 g/mol. The van der Waals surface area contributed by atoms with Gasteiger partial charge in [0.05, 0.1) is 18.3 Å². The Bertz CT molecular complexity index is 955. The van der Waals surface area contributed by atoms with Crippen LogP contribution in [-0.4, -0.2) is 45.2 Å². The van der Waals surface area contributed by atoms with Crippen LogP contribution in [0.4, 0.5) is 0 Å². The summed E-state index contributed by atoms with van der Waals surface area (Å²) in [5, 5.41) is 7.89. The Morgan fingerprint density at radius 2 is 2.00 bits per heavy atom. The van der Waals surface area contributed by atoms with Gasteiger partial charge in [0, 0.05) is 43.3 Å². The Morgan fingerprint density at radius 3 is 2.66 bits per heavy atom. The van der Waals surface area contributed by atoms with Crippen LogP contribution in [0.5, 0.6) is 0 Å². The standard InChI is InChI=1S/C22H25N5O.ClH/c1-16-12-17(2)27(25-16)15-18-5-7-19(8-6-18)22(28)26-11-10-24-14-21(26)20-4-3-9-23-13-20;/h3-9,12-13,21,24H,10-11,14-15H2,1-2H3;1H. The van der Waals surface area contributed by atoms with E-state index in [-0.39, 0.29) is 24.4 Å². The number of rotatable bonds is 4. The summed E-state index contributed by atoms with van der Waals surface area (Å²) in [7, 11) is 0. The minimum Gasteiger partial charge on any atom is -0.329 e. The first-order valence-corrected chi connectivity index (χ1v) is 9.63. The average Bonchev–Trinajstić information content (AvgIpc) is 3.05. The number of aromatic nitrogens is 3. The maximum absolute atomic E-state index is 13.2. The lowest BCUT2D eigenvalue weighted by Gasteiger charge is -2.36. The Balaban J connectivity index is 0.00000240. The summed E-state index contributed by atoms with van der Waals surface area (Å²) in [4.78, 5) is 19.3. The van der Waals surface area contributed by atoms with Gasteiger partial charge >= 0.3 is 0 Å². The molecule has 1 unspecified atom stereocenters. The molecule has 1 aromatic carbocycles. The number of halogens is 1. The van der Waals surface area contributed by atoms with Gasteiger partial charge in [-0.2, -0.15) is 5.10 Å². The largest absolute Gasteiger partial charge is 0.329 e. The number of hydrogen-bond acceptors (Lipinski definition) is 4. The molecule has 1 aliphatic rings. The van der Waals surface area contributed by atoms with Crippen LogP contribution in [0.15, 0.2) is 54.9 Å². The number of nitrogens with zero attached hydrogens (tertiary/aromatic N) is 4. The van der Waals surface area contributed by atoms with Crippen molar-refractivity contribution in [2.24, 2.45) is 0 Å². The van der Waals surface area contributed by atoms with E-state index in [1.807, 2.05) is 59.1 Å². The van der Waals surface area contributed by atoms with Crippen molar-refractivity contribution >= 4 is 18.3 Å². The summed E-state index contributed by atoms with van der Waals surface area (Å²) in [5.41, 5.74) is 5.06. The first-order chi connectivity index (χ1) is 13.6. The Hall–Kier alpha value is -2.70. The van der Waals surface area contributed by atoms with Crippen molar-refractivity contribution in [3.63, 3.8) is 0 Å². The molecule has 7 heteroatoms. The van der Waals surface area contributed by atoms with Gasteiger partial charge in [0.1, 0.15) is 0 Å². The Kier molecular flexibility index (Phi) is 6.67. The summed E-state index contributed by atoms with van der Waals surface area (Å²) in [6.07, 6.45) is 3.60. The van der Waals surface area contributed by atoms with E-state index in [9.17, 15) is 4.79 Å². The molecule has 6 nitrogen and oxygen atoms in total. The molecule has 4 rings (SSSR count). The monoisotopic (exact) mass is 411 g/mol. The first-order valence-electron chi connectivity index (χ1n) is 9.63. The fraction of sp³-hybridized carbons (Fsp3) is 0.318. The summed E-state index contributed by atoms with van der Waals surface area (Å²) >= 11 is 0. The molecule has 1 aliphatic heterocycles. The van der Waals surface area contributed by atoms with Crippen LogP contribution in [0.1, 0.15) is 38.9 Å². The third kappa shape index (κ3) is 4.66. The zero-order chi connectivity index (χ0) is 19.5. The lowest BCUT2D eigenvalue weighted by atomic mass is 10.0. The second kappa shape index (κ2) is 9.20. The maximum atomic E-state index is 13.2. The number of piperazine rings is 1. The number of nitrogens with one attached hydrogen (secondary N) is 1. The van der Waals surface area contributed by atoms with Crippen LogP contribution in [0.25, 0.3) is 0 Å². The zero-order valence-electron chi connectivity index (χ0n) is 16.7. The number of benzene rings is 1. The van der Waals surface area contributed by atoms with E-state index in [2.05, 4.69) is 28.4 Å². The van der Waals surface area contributed by atoms with E-state index in [1.54, 1.807) is 6.20 Å². The molecule has 1 saturated heterocycles. The number of pyridine rings is 1. The maximum Gasteiger partial charge on any atom is 0.254 e. The van der Waals surface area contributed by atoms with E-state index in [1.165, 1.54) is 0 Å². The molecule has 3 aromatic rings. The van der Waals surface area contributed by atoms with Gasteiger partial charge in [-0.1, -0.05) is 18.2 Å². The molecule has 3 heterocycles. The van der Waals surface area contributed by atoms with E-state index >= 15 is 0 Å². The van der Waals surface area contributed by atoms with Crippen LogP contribution in [0.2, 0.25) is 0 Å². The molecule has 0 aliphatic carbocycles. The van der Waals surface area contributed by atoms with E-state index < -0.39 is 0 Å². The minimum atomic E-state index is 0. The molecule has 0 radical (unpaired) electrons. The van der Waals surface area contributed by atoms with Crippen molar-refractivity contribution in [2.45, 2.75) is 26.4 Å². The highest BCUT2D eigenvalue weighted by Crippen LogP contribution is 2.23. The topological polar surface area (TPSA) is 63.1 Å². The third-order valence-electron chi connectivity index (χ3n) is 5.21. The number of amides is 1. The van der Waals surface area contributed by atoms with Crippen molar-refractivity contribution in [1.29, 1.82) is 0 Å². The summed E-state index contributed by atoms with van der Waals surface area (Å²) in [6.45, 7) is 7.00. The number of carbonyl (C=O) groups is 1. The van der Waals surface area contributed by atoms with Gasteiger partial charge in [0.15, 0.2) is 0 Å². The minimum absolute atomic E-state index is 0. The zero-order valence-corrected chi connectivity index (χ0v) is 17.5. The highest BCUT2D eigenvalue weighted by atomic mass is 35.5. The van der Waals surface area contributed by atoms with E-state index in [0.717, 1.165) is 35.6 Å². The lowest BCUT2D eigenvalue weighted by molar-refractivity contribution is 0.0634. The molecule has 152 valence electrons. The second-order valence-corrected chi connectivity index (χ2v) is 7.29. The van der Waals surface area contributed by atoms with Crippen LogP contribution >= 0.6 is 12.4 Å². The predicted octanol–water partition coefficient (Wildman–Crippen LogP) is 3.15. The summed E-state index contributed by atoms with van der Waals surface area (Å²) in [6, 6.07) is 13.9. The number of carbonyl (C=O) groups excluding carboxylic acids is 1. The second-order valence-electron chi connectivity index (χ2n) is 7.29. The van der Waals surface area contributed by atoms with Gasteiger partial charge in [0.25, 0.3) is 5.91 Å². The van der Waals surface area contributed by atoms with Crippen LogP contribution in [-0.2, 0) is 6.54 Å². The van der Waals surface area contributed by atoms with Gasteiger partial charge in [-0.25, -0.2) is 0 Å². The van der Waals surface area contributed by atoms with Crippen LogP contribution in [0.3, 0.4) is 0 Å². The van der Waals surface area contributed by atoms with Gasteiger partial charge in [-0.05, 0) is 49.2 Å². The third-order valence-corrected chi connectivity index (χ3v) is 5.21. The molecule has 29 heavy (non-hydrogen) atoms. The first kappa shape index (κ1) is 21.0. The van der Waals surface area contributed by atoms with Crippen molar-refractivity contribution < 1.29 is 4.79 Å². The Morgan fingerprint density at radius 1 is 1.21 bits per heavy atom. The molecule has 0 saturated carbocycles. The average molecular weight is 412 g/mol. The molecule has 1 atom stereocenters. The van der Waals surface area contributed by atoms with Crippen molar-refractivity contribution in [2.75, 3.05) is 19.6 Å². The highest BCUT2D eigenvalue weighted by molar-refractivity contribution is 5.94. The molecule has 0 spiro atoms. The normalized spacial score (nSPS) is 16.3. The molecule has 1 fully saturated rings. The molecule has 1 N–H and O–H groups in total. The molecule has 2 aromatic heterocycles. The van der Waals surface area contributed by atoms with Gasteiger partial charge in [0.2, 0.25) is 0 Å². The SMILES string of the molecule is Cc1cc(C)n(Cc2ccc(C(=O)N3CCNCC3c3cccnc3)cc2)n1.Cl. The van der Waals surface area contributed by atoms with E-state index in [4.69, 9.17) is 0 Å². The Labute approximate surface area is 177 Å². The van der Waals surface area contributed by atoms with Crippen LogP contribution in [0, 0.1) is 13.8 Å². The van der Waals surface area contributed by atoms with Gasteiger partial charge in [-0.3, -0.25) is 14.5 Å². The van der Waals surface area contributed by atoms with Gasteiger partial charge in [-0.15, -0.1) is 12.4 Å². The highest BCUT2D eigenvalue weighted by Gasteiger charge is 2.28. The quantitative estimate of drug-likeness (QED) is 0.716. The summed E-state index contributed by atoms with van der Waals surface area (Å²) in [5.74, 6) is 0.0630. The number of aryl methyl sites for hydroxylation is 2. The molecule has 1 amide bonds. The van der Waals surface area contributed by atoms with Crippen molar-refractivity contribution in [3.05, 3.63) is 82.9 Å². The van der Waals surface area contributed by atoms with Gasteiger partial charge < -0.3 is 10.2 Å². The molecule has 0 bridgehead atoms. The summed E-state index contributed by atoms with van der Waals surface area (Å²) < 4.78 is 1.99. The van der Waals surface area contributed by atoms with Crippen molar-refractivity contribution in [3.8, 4) is 0 Å². The smallest absolute Gasteiger partial charge is 0.254 e. The van der Waals surface area contributed by atoms with E-state index in [0.29, 0.717) is 18.7 Å². The fourth-order valence-corrected chi connectivity index (χ4v) is 3.74. The number of hydrogen-bond donors (Lipinski definition) is 1. The fourth-order valence-electron chi connectivity index (χ4n) is 3.74. The van der Waals surface area contributed by atoms with Crippen LogP contribution < -0.4 is 5.32 Å². The lowest BCUT2D eigenvalue weighted by Crippen LogP contribution is -2.48.